The first-order valence-electron chi connectivity index (χ1n) is 6.80. The molecule has 0 aliphatic carbocycles. The first-order chi connectivity index (χ1) is 9.10. The number of anilines is 1. The van der Waals surface area contributed by atoms with E-state index in [0.717, 1.165) is 32.7 Å². The van der Waals surface area contributed by atoms with Crippen LogP contribution in [0.5, 0.6) is 0 Å². The Morgan fingerprint density at radius 1 is 1.47 bits per heavy atom. The number of carbonyl (C=O) groups is 1. The molecule has 1 aliphatic rings. The van der Waals surface area contributed by atoms with Crippen molar-refractivity contribution in [2.75, 3.05) is 38.0 Å². The molecule has 2 rings (SSSR count). The van der Waals surface area contributed by atoms with Gasteiger partial charge >= 0.3 is 0 Å². The number of aromatic nitrogens is 1. The Bertz CT molecular complexity index is 424. The molecule has 6 heteroatoms. The number of hydrogen-bond acceptors (Lipinski definition) is 5. The van der Waals surface area contributed by atoms with Gasteiger partial charge in [-0.25, -0.2) is 0 Å². The summed E-state index contributed by atoms with van der Waals surface area (Å²) in [5, 5.41) is 6.56. The normalized spacial score (nSPS) is 19.3. The molecule has 1 aliphatic heterocycles. The van der Waals surface area contributed by atoms with Gasteiger partial charge in [0, 0.05) is 32.2 Å². The van der Waals surface area contributed by atoms with Crippen molar-refractivity contribution in [1.29, 1.82) is 0 Å². The topological polar surface area (TPSA) is 61.6 Å². The first-order valence-corrected chi connectivity index (χ1v) is 6.80. The van der Waals surface area contributed by atoms with E-state index in [1.807, 2.05) is 6.92 Å². The van der Waals surface area contributed by atoms with Crippen LogP contribution in [0, 0.1) is 6.92 Å². The second-order valence-electron chi connectivity index (χ2n) is 4.96. The fourth-order valence-corrected chi connectivity index (χ4v) is 2.29. The number of rotatable bonds is 4. The predicted molar refractivity (Wildman–Crippen MR) is 73.0 cm³/mol. The smallest absolute Gasteiger partial charge is 0.242 e. The molecule has 1 unspecified atom stereocenters. The van der Waals surface area contributed by atoms with Crippen LogP contribution in [0.4, 0.5) is 5.82 Å². The maximum atomic E-state index is 12.1. The van der Waals surface area contributed by atoms with Crippen molar-refractivity contribution >= 4 is 11.7 Å². The summed E-state index contributed by atoms with van der Waals surface area (Å²) in [6.07, 6.45) is 0. The standard InChI is InChI=1S/C13H22N4O2/c1-4-16-5-7-17(8-6-16)11(3)13(18)14-12-9-10(2)19-15-12/h9,11H,4-8H2,1-3H3,(H,14,15,18). The lowest BCUT2D eigenvalue weighted by molar-refractivity contribution is -0.121. The minimum Gasteiger partial charge on any atom is -0.360 e. The Morgan fingerprint density at radius 2 is 2.16 bits per heavy atom. The molecule has 106 valence electrons. The van der Waals surface area contributed by atoms with Crippen molar-refractivity contribution in [3.8, 4) is 0 Å². The molecule has 1 atom stereocenters. The summed E-state index contributed by atoms with van der Waals surface area (Å²) in [4.78, 5) is 16.7. The first kappa shape index (κ1) is 14.0. The van der Waals surface area contributed by atoms with Gasteiger partial charge < -0.3 is 14.7 Å². The van der Waals surface area contributed by atoms with E-state index in [2.05, 4.69) is 27.2 Å². The predicted octanol–water partition coefficient (Wildman–Crippen LogP) is 0.948. The van der Waals surface area contributed by atoms with Crippen LogP contribution in [0.2, 0.25) is 0 Å². The third kappa shape index (κ3) is 3.54. The molecule has 0 saturated carbocycles. The Hall–Kier alpha value is -1.40. The Morgan fingerprint density at radius 3 is 2.68 bits per heavy atom. The number of nitrogens with one attached hydrogen (secondary N) is 1. The minimum atomic E-state index is -0.143. The summed E-state index contributed by atoms with van der Waals surface area (Å²) >= 11 is 0. The molecule has 1 amide bonds. The number of amides is 1. The van der Waals surface area contributed by atoms with E-state index in [1.165, 1.54) is 0 Å². The van der Waals surface area contributed by atoms with Crippen LogP contribution < -0.4 is 5.32 Å². The monoisotopic (exact) mass is 266 g/mol. The number of hydrogen-bond donors (Lipinski definition) is 1. The maximum Gasteiger partial charge on any atom is 0.242 e. The average Bonchev–Trinajstić information content (AvgIpc) is 2.83. The van der Waals surface area contributed by atoms with Gasteiger partial charge in [-0.1, -0.05) is 12.1 Å². The molecule has 1 aromatic rings. The summed E-state index contributed by atoms with van der Waals surface area (Å²) < 4.78 is 4.93. The molecule has 19 heavy (non-hydrogen) atoms. The van der Waals surface area contributed by atoms with Crippen molar-refractivity contribution in [2.45, 2.75) is 26.8 Å². The van der Waals surface area contributed by atoms with Crippen LogP contribution in [0.1, 0.15) is 19.6 Å². The molecule has 1 saturated heterocycles. The average molecular weight is 266 g/mol. The lowest BCUT2D eigenvalue weighted by Gasteiger charge is -2.36. The fraction of sp³-hybridized carbons (Fsp3) is 0.692. The highest BCUT2D eigenvalue weighted by Crippen LogP contribution is 2.11. The van der Waals surface area contributed by atoms with E-state index in [4.69, 9.17) is 4.52 Å². The SMILES string of the molecule is CCN1CCN(C(C)C(=O)Nc2cc(C)on2)CC1. The van der Waals surface area contributed by atoms with Gasteiger partial charge in [-0.05, 0) is 20.4 Å². The molecule has 0 bridgehead atoms. The summed E-state index contributed by atoms with van der Waals surface area (Å²) in [5.41, 5.74) is 0. The third-order valence-electron chi connectivity index (χ3n) is 3.66. The summed E-state index contributed by atoms with van der Waals surface area (Å²) in [6, 6.07) is 1.58. The largest absolute Gasteiger partial charge is 0.360 e. The van der Waals surface area contributed by atoms with Gasteiger partial charge in [0.25, 0.3) is 0 Å². The molecule has 2 heterocycles. The number of piperazine rings is 1. The van der Waals surface area contributed by atoms with E-state index < -0.39 is 0 Å². The third-order valence-corrected chi connectivity index (χ3v) is 3.66. The zero-order valence-corrected chi connectivity index (χ0v) is 11.8. The van der Waals surface area contributed by atoms with E-state index in [-0.39, 0.29) is 11.9 Å². The van der Waals surface area contributed by atoms with Crippen LogP contribution in [0.25, 0.3) is 0 Å². The second kappa shape index (κ2) is 6.16. The van der Waals surface area contributed by atoms with Gasteiger partial charge in [-0.15, -0.1) is 0 Å². The van der Waals surface area contributed by atoms with E-state index in [1.54, 1.807) is 13.0 Å². The minimum absolute atomic E-state index is 0.0294. The fourth-order valence-electron chi connectivity index (χ4n) is 2.29. The molecule has 6 nitrogen and oxygen atoms in total. The van der Waals surface area contributed by atoms with E-state index >= 15 is 0 Å². The van der Waals surface area contributed by atoms with Crippen molar-refractivity contribution in [3.05, 3.63) is 11.8 Å². The number of carbonyl (C=O) groups excluding carboxylic acids is 1. The van der Waals surface area contributed by atoms with Gasteiger partial charge in [-0.2, -0.15) is 0 Å². The van der Waals surface area contributed by atoms with Crippen molar-refractivity contribution in [3.63, 3.8) is 0 Å². The summed E-state index contributed by atoms with van der Waals surface area (Å²) in [5.74, 6) is 1.15. The highest BCUT2D eigenvalue weighted by Gasteiger charge is 2.25. The molecule has 0 aromatic carbocycles. The molecular formula is C13H22N4O2. The number of aryl methyl sites for hydroxylation is 1. The van der Waals surface area contributed by atoms with Crippen LogP contribution in [-0.2, 0) is 4.79 Å². The van der Waals surface area contributed by atoms with Gasteiger partial charge in [0.15, 0.2) is 5.82 Å². The van der Waals surface area contributed by atoms with Crippen LogP contribution >= 0.6 is 0 Å². The summed E-state index contributed by atoms with van der Waals surface area (Å²) in [7, 11) is 0. The van der Waals surface area contributed by atoms with Gasteiger partial charge in [0.2, 0.25) is 5.91 Å². The van der Waals surface area contributed by atoms with Crippen molar-refractivity contribution < 1.29 is 9.32 Å². The molecule has 0 spiro atoms. The lowest BCUT2D eigenvalue weighted by Crippen LogP contribution is -2.52. The second-order valence-corrected chi connectivity index (χ2v) is 4.96. The van der Waals surface area contributed by atoms with Crippen LogP contribution in [0.15, 0.2) is 10.6 Å². The summed E-state index contributed by atoms with van der Waals surface area (Å²) in [6.45, 7) is 10.9. The molecular weight excluding hydrogens is 244 g/mol. The number of nitrogens with zero attached hydrogens (tertiary/aromatic N) is 3. The van der Waals surface area contributed by atoms with Crippen molar-refractivity contribution in [2.24, 2.45) is 0 Å². The van der Waals surface area contributed by atoms with Gasteiger partial charge in [-0.3, -0.25) is 9.69 Å². The lowest BCUT2D eigenvalue weighted by atomic mass is 10.2. The highest BCUT2D eigenvalue weighted by atomic mass is 16.5. The Balaban J connectivity index is 1.85. The quantitative estimate of drug-likeness (QED) is 0.879. The Kier molecular flexibility index (Phi) is 4.55. The zero-order chi connectivity index (χ0) is 13.8. The molecule has 0 radical (unpaired) electrons. The van der Waals surface area contributed by atoms with Gasteiger partial charge in [0.05, 0.1) is 6.04 Å². The molecule has 1 aromatic heterocycles. The molecule has 1 N–H and O–H groups in total. The zero-order valence-electron chi connectivity index (χ0n) is 11.8. The van der Waals surface area contributed by atoms with E-state index in [0.29, 0.717) is 11.6 Å². The maximum absolute atomic E-state index is 12.1. The van der Waals surface area contributed by atoms with Gasteiger partial charge in [0.1, 0.15) is 5.76 Å². The van der Waals surface area contributed by atoms with E-state index in [9.17, 15) is 4.79 Å². The van der Waals surface area contributed by atoms with Crippen LogP contribution in [-0.4, -0.2) is 59.6 Å². The molecule has 1 fully saturated rings. The van der Waals surface area contributed by atoms with Crippen LogP contribution in [0.3, 0.4) is 0 Å². The number of likely N-dealkylation sites (N-methyl/N-ethyl adjacent to an activating group) is 1. The highest BCUT2D eigenvalue weighted by molar-refractivity contribution is 5.93. The Labute approximate surface area is 113 Å². The van der Waals surface area contributed by atoms with Crippen molar-refractivity contribution in [1.82, 2.24) is 15.0 Å².